The van der Waals surface area contributed by atoms with Crippen molar-refractivity contribution in [2.24, 2.45) is 0 Å². The summed E-state index contributed by atoms with van der Waals surface area (Å²) >= 11 is 0. The molecule has 27 heavy (non-hydrogen) atoms. The van der Waals surface area contributed by atoms with Crippen molar-refractivity contribution in [3.63, 3.8) is 0 Å². The van der Waals surface area contributed by atoms with E-state index < -0.39 is 34.9 Å². The first-order chi connectivity index (χ1) is 12.4. The molecular formula is C20H16F6Pd. The van der Waals surface area contributed by atoms with E-state index >= 15 is 0 Å². The zero-order chi connectivity index (χ0) is 19.4. The fourth-order valence-electron chi connectivity index (χ4n) is 1.80. The van der Waals surface area contributed by atoms with Crippen molar-refractivity contribution in [3.8, 4) is 0 Å². The summed E-state index contributed by atoms with van der Waals surface area (Å²) in [5, 5.41) is 0. The molecule has 0 N–H and O–H groups in total. The van der Waals surface area contributed by atoms with E-state index in [-0.39, 0.29) is 20.4 Å². The maximum Gasteiger partial charge on any atom is 2.00 e. The van der Waals surface area contributed by atoms with Crippen LogP contribution in [0, 0.1) is 47.0 Å². The normalized spacial score (nSPS) is 14.7. The smallest absolute Gasteiger partial charge is 0.236 e. The van der Waals surface area contributed by atoms with Gasteiger partial charge in [0, 0.05) is 34.9 Å². The van der Waals surface area contributed by atoms with E-state index in [1.54, 1.807) is 12.1 Å². The van der Waals surface area contributed by atoms with Crippen LogP contribution in [0.4, 0.5) is 26.3 Å². The molecule has 0 amide bonds. The van der Waals surface area contributed by atoms with Gasteiger partial charge in [0.1, 0.15) is 0 Å². The van der Waals surface area contributed by atoms with Gasteiger partial charge in [0.25, 0.3) is 0 Å². The molecule has 0 bridgehead atoms. The van der Waals surface area contributed by atoms with E-state index in [2.05, 4.69) is 24.3 Å². The Labute approximate surface area is 168 Å². The van der Waals surface area contributed by atoms with Crippen LogP contribution in [0.3, 0.4) is 0 Å². The van der Waals surface area contributed by atoms with Crippen molar-refractivity contribution in [3.05, 3.63) is 95.6 Å². The number of hydrogen-bond donors (Lipinski definition) is 0. The molecule has 2 aromatic rings. The Morgan fingerprint density at radius 1 is 0.481 bits per heavy atom. The quantitative estimate of drug-likeness (QED) is 0.177. The third-order valence-electron chi connectivity index (χ3n) is 2.87. The minimum absolute atomic E-state index is 0. The molecule has 0 aromatic heterocycles. The Hall–Kier alpha value is -1.84. The van der Waals surface area contributed by atoms with Gasteiger partial charge in [-0.1, -0.05) is 24.3 Å². The minimum atomic E-state index is -1.02. The van der Waals surface area contributed by atoms with Gasteiger partial charge in [0.15, 0.2) is 0 Å². The summed E-state index contributed by atoms with van der Waals surface area (Å²) < 4.78 is 71.4. The van der Waals surface area contributed by atoms with Crippen molar-refractivity contribution >= 4 is 0 Å². The fraction of sp³-hybridized carbons (Fsp3) is 0.200. The molecule has 0 spiro atoms. The first-order valence-electron chi connectivity index (χ1n) is 7.74. The first kappa shape index (κ1) is 25.2. The number of benzene rings is 2. The average molecular weight is 477 g/mol. The van der Waals surface area contributed by atoms with Gasteiger partial charge in [0.2, 0.25) is 0 Å². The molecule has 0 atom stereocenters. The second-order valence-corrected chi connectivity index (χ2v) is 5.09. The number of hydrogen-bond acceptors (Lipinski definition) is 0. The summed E-state index contributed by atoms with van der Waals surface area (Å²) in [6.45, 7) is 0. The second-order valence-electron chi connectivity index (χ2n) is 5.09. The Balaban J connectivity index is 0.000000369. The van der Waals surface area contributed by atoms with Crippen molar-refractivity contribution in [2.75, 3.05) is 0 Å². The van der Waals surface area contributed by atoms with E-state index in [0.717, 1.165) is 0 Å². The minimum Gasteiger partial charge on any atom is -0.236 e. The van der Waals surface area contributed by atoms with E-state index in [0.29, 0.717) is 24.3 Å². The molecule has 0 saturated heterocycles. The SMILES string of the molecule is C1=C\CC/C=C\CC/1.Fc1[c-]c(F)cc(F)c1.Fc1[c-]c(F)cc(F)c1.[Pd+2]. The van der Waals surface area contributed by atoms with E-state index in [4.69, 9.17) is 0 Å². The summed E-state index contributed by atoms with van der Waals surface area (Å²) in [6, 6.07) is 5.51. The molecule has 3 rings (SSSR count). The largest absolute Gasteiger partial charge is 2.00 e. The molecule has 1 aliphatic rings. The van der Waals surface area contributed by atoms with Gasteiger partial charge in [-0.15, -0.1) is 36.4 Å². The second kappa shape index (κ2) is 14.2. The van der Waals surface area contributed by atoms with E-state index in [9.17, 15) is 26.3 Å². The fourth-order valence-corrected chi connectivity index (χ4v) is 1.80. The van der Waals surface area contributed by atoms with E-state index in [1.165, 1.54) is 25.7 Å². The van der Waals surface area contributed by atoms with E-state index in [1.807, 2.05) is 0 Å². The first-order valence-corrected chi connectivity index (χ1v) is 7.74. The molecule has 0 fully saturated rings. The number of rotatable bonds is 0. The molecule has 7 heteroatoms. The molecule has 1 aliphatic carbocycles. The molecule has 0 saturated carbocycles. The third-order valence-corrected chi connectivity index (χ3v) is 2.87. The average Bonchev–Trinajstić information content (AvgIpc) is 2.44. The summed E-state index contributed by atoms with van der Waals surface area (Å²) in [5.41, 5.74) is 0. The van der Waals surface area contributed by atoms with Gasteiger partial charge in [0.05, 0.1) is 0 Å². The van der Waals surface area contributed by atoms with Crippen LogP contribution in [0.5, 0.6) is 0 Å². The number of halogens is 6. The Morgan fingerprint density at radius 2 is 0.704 bits per heavy atom. The molecule has 0 radical (unpaired) electrons. The number of allylic oxidation sites excluding steroid dienone is 4. The monoisotopic (exact) mass is 476 g/mol. The summed E-state index contributed by atoms with van der Waals surface area (Å²) in [5.74, 6) is -5.94. The van der Waals surface area contributed by atoms with Crippen LogP contribution in [-0.4, -0.2) is 0 Å². The van der Waals surface area contributed by atoms with Gasteiger partial charge in [-0.25, -0.2) is 26.3 Å². The summed E-state index contributed by atoms with van der Waals surface area (Å²) in [7, 11) is 0. The van der Waals surface area contributed by atoms with Gasteiger partial charge in [-0.3, -0.25) is 0 Å². The summed E-state index contributed by atoms with van der Waals surface area (Å²) in [6.07, 6.45) is 14.0. The summed E-state index contributed by atoms with van der Waals surface area (Å²) in [4.78, 5) is 0. The Kier molecular flexibility index (Phi) is 13.3. The zero-order valence-electron chi connectivity index (χ0n) is 14.0. The van der Waals surface area contributed by atoms with Gasteiger partial charge in [-0.05, 0) is 25.7 Å². The Morgan fingerprint density at radius 3 is 0.889 bits per heavy atom. The Bertz CT molecular complexity index is 567. The molecule has 148 valence electrons. The third kappa shape index (κ3) is 13.0. The topological polar surface area (TPSA) is 0 Å². The molecule has 0 heterocycles. The zero-order valence-corrected chi connectivity index (χ0v) is 15.6. The van der Waals surface area contributed by atoms with Crippen LogP contribution in [0.2, 0.25) is 0 Å². The van der Waals surface area contributed by atoms with Crippen molar-refractivity contribution in [2.45, 2.75) is 25.7 Å². The maximum absolute atomic E-state index is 11.9. The molecule has 0 unspecified atom stereocenters. The van der Waals surface area contributed by atoms with Gasteiger partial charge < -0.3 is 0 Å². The predicted molar refractivity (Wildman–Crippen MR) is 87.1 cm³/mol. The van der Waals surface area contributed by atoms with Crippen LogP contribution < -0.4 is 0 Å². The van der Waals surface area contributed by atoms with Crippen LogP contribution in [0.25, 0.3) is 0 Å². The van der Waals surface area contributed by atoms with Crippen LogP contribution in [-0.2, 0) is 20.4 Å². The molecule has 2 aromatic carbocycles. The maximum atomic E-state index is 11.9. The van der Waals surface area contributed by atoms with Gasteiger partial charge >= 0.3 is 20.4 Å². The van der Waals surface area contributed by atoms with Gasteiger partial charge in [-0.2, -0.15) is 0 Å². The van der Waals surface area contributed by atoms with Crippen molar-refractivity contribution in [1.82, 2.24) is 0 Å². The van der Waals surface area contributed by atoms with Crippen molar-refractivity contribution in [1.29, 1.82) is 0 Å². The standard InChI is InChI=1S/C8H12.2C6H2F3.Pd/c1-2-4-6-8-7-5-3-1;2*7-4-1-5(8)3-6(9)2-4;/h1-2,7-8H,3-6H2;2*1-2H;/q;2*-1;+2/b2-1-,8-7-;;;. The molecule has 0 nitrogen and oxygen atoms in total. The van der Waals surface area contributed by atoms with Crippen LogP contribution >= 0.6 is 0 Å². The molecular weight excluding hydrogens is 461 g/mol. The predicted octanol–water partition coefficient (Wildman–Crippen LogP) is 6.48. The molecule has 0 aliphatic heterocycles. The van der Waals surface area contributed by atoms with Crippen LogP contribution in [0.15, 0.2) is 48.6 Å². The van der Waals surface area contributed by atoms with Crippen molar-refractivity contribution < 1.29 is 46.8 Å². The van der Waals surface area contributed by atoms with Crippen LogP contribution in [0.1, 0.15) is 25.7 Å².